The van der Waals surface area contributed by atoms with Crippen LogP contribution in [0.4, 0.5) is 0 Å². The van der Waals surface area contributed by atoms with Crippen molar-refractivity contribution < 1.29 is 0 Å². The minimum Gasteiger partial charge on any atom is -0.312 e. The van der Waals surface area contributed by atoms with Gasteiger partial charge >= 0.3 is 0 Å². The van der Waals surface area contributed by atoms with Crippen LogP contribution in [-0.2, 0) is 5.54 Å². The highest BCUT2D eigenvalue weighted by molar-refractivity contribution is 5.88. The van der Waals surface area contributed by atoms with Gasteiger partial charge in [0.05, 0.1) is 41.9 Å². The Morgan fingerprint density at radius 2 is 2.19 bits per heavy atom. The van der Waals surface area contributed by atoms with Gasteiger partial charge in [0.1, 0.15) is 17.0 Å². The van der Waals surface area contributed by atoms with Gasteiger partial charge in [0.15, 0.2) is 0 Å². The van der Waals surface area contributed by atoms with Crippen LogP contribution in [-0.4, -0.2) is 68.2 Å². The van der Waals surface area contributed by atoms with Gasteiger partial charge < -0.3 is 5.41 Å². The zero-order chi connectivity index (χ0) is 21.8. The van der Waals surface area contributed by atoms with Gasteiger partial charge in [0.25, 0.3) is 0 Å². The van der Waals surface area contributed by atoms with Gasteiger partial charge in [0.2, 0.25) is 0 Å². The summed E-state index contributed by atoms with van der Waals surface area (Å²) in [5, 5.41) is 30.5. The van der Waals surface area contributed by atoms with Crippen molar-refractivity contribution in [2.75, 3.05) is 26.7 Å². The quantitative estimate of drug-likeness (QED) is 0.559. The van der Waals surface area contributed by atoms with E-state index in [4.69, 9.17) is 15.7 Å². The molecule has 1 atom stereocenters. The van der Waals surface area contributed by atoms with E-state index in [1.54, 1.807) is 25.7 Å². The molecule has 1 aliphatic heterocycles. The van der Waals surface area contributed by atoms with Crippen molar-refractivity contribution in [1.29, 1.82) is 15.9 Å². The second-order valence-electron chi connectivity index (χ2n) is 7.61. The number of imidazole rings is 1. The van der Waals surface area contributed by atoms with E-state index >= 15 is 0 Å². The van der Waals surface area contributed by atoms with Crippen LogP contribution in [0.3, 0.4) is 0 Å². The third kappa shape index (κ3) is 3.69. The second kappa shape index (κ2) is 8.46. The Bertz CT molecular complexity index is 1200. The van der Waals surface area contributed by atoms with Crippen LogP contribution in [0.15, 0.2) is 35.8 Å². The molecule has 4 heterocycles. The first-order valence-electron chi connectivity index (χ1n) is 9.93. The molecule has 31 heavy (non-hydrogen) atoms. The minimum atomic E-state index is -0.402. The second-order valence-corrected chi connectivity index (χ2v) is 7.61. The van der Waals surface area contributed by atoms with Gasteiger partial charge in [-0.25, -0.2) is 9.97 Å². The lowest BCUT2D eigenvalue weighted by molar-refractivity contribution is 0.00702. The summed E-state index contributed by atoms with van der Waals surface area (Å²) in [7, 11) is 1.67. The van der Waals surface area contributed by atoms with Gasteiger partial charge in [-0.15, -0.1) is 0 Å². The van der Waals surface area contributed by atoms with Crippen LogP contribution in [0, 0.1) is 28.1 Å². The first-order valence-corrected chi connectivity index (χ1v) is 9.93. The Morgan fingerprint density at radius 1 is 1.35 bits per heavy atom. The summed E-state index contributed by atoms with van der Waals surface area (Å²) >= 11 is 0. The van der Waals surface area contributed by atoms with Crippen LogP contribution < -0.4 is 0 Å². The maximum absolute atomic E-state index is 9.38. The number of nitriles is 2. The summed E-state index contributed by atoms with van der Waals surface area (Å²) in [6.45, 7) is 2.06. The molecule has 0 saturated carbocycles. The Labute approximate surface area is 179 Å². The van der Waals surface area contributed by atoms with Gasteiger partial charge in [-0.3, -0.25) is 19.0 Å². The van der Waals surface area contributed by atoms with E-state index in [-0.39, 0.29) is 5.92 Å². The van der Waals surface area contributed by atoms with Crippen molar-refractivity contribution in [3.05, 3.63) is 36.5 Å². The number of likely N-dealkylation sites (tertiary alicyclic amines) is 1. The lowest BCUT2D eigenvalue weighted by Crippen LogP contribution is -2.62. The summed E-state index contributed by atoms with van der Waals surface area (Å²) in [6, 6.07) is 6.29. The molecule has 1 unspecified atom stereocenters. The summed E-state index contributed by atoms with van der Waals surface area (Å²) < 4.78 is 3.74. The Balaban J connectivity index is 1.70. The molecule has 10 nitrogen and oxygen atoms in total. The molecule has 3 aromatic rings. The summed E-state index contributed by atoms with van der Waals surface area (Å²) in [5.41, 5.74) is 1.80. The first-order chi connectivity index (χ1) is 15.1. The lowest BCUT2D eigenvalue weighted by atomic mass is 9.86. The fourth-order valence-corrected chi connectivity index (χ4v) is 4.02. The highest BCUT2D eigenvalue weighted by atomic mass is 15.4. The highest BCUT2D eigenvalue weighted by Gasteiger charge is 2.45. The highest BCUT2D eigenvalue weighted by Crippen LogP contribution is 2.33. The molecule has 10 heteroatoms. The molecule has 1 N–H and O–H groups in total. The molecule has 0 spiro atoms. The number of rotatable bonds is 8. The summed E-state index contributed by atoms with van der Waals surface area (Å²) in [5.74, 6) is 0.325. The molecule has 3 aromatic heterocycles. The van der Waals surface area contributed by atoms with Gasteiger partial charge in [-0.1, -0.05) is 0 Å². The molecule has 0 radical (unpaired) electrons. The third-order valence-corrected chi connectivity index (χ3v) is 5.55. The van der Waals surface area contributed by atoms with Crippen molar-refractivity contribution in [3.63, 3.8) is 0 Å². The number of hydrogen-bond donors (Lipinski definition) is 1. The molecule has 1 saturated heterocycles. The summed E-state index contributed by atoms with van der Waals surface area (Å²) in [4.78, 5) is 15.4. The molecule has 156 valence electrons. The molecule has 0 aromatic carbocycles. The van der Waals surface area contributed by atoms with Crippen LogP contribution in [0.25, 0.3) is 17.0 Å². The van der Waals surface area contributed by atoms with E-state index in [9.17, 15) is 5.26 Å². The average molecular weight is 414 g/mol. The van der Waals surface area contributed by atoms with Crippen molar-refractivity contribution in [3.8, 4) is 23.5 Å². The number of aromatic nitrogens is 5. The van der Waals surface area contributed by atoms with Crippen LogP contribution in [0.1, 0.15) is 24.5 Å². The van der Waals surface area contributed by atoms with E-state index in [0.717, 1.165) is 11.2 Å². The van der Waals surface area contributed by atoms with E-state index in [0.29, 0.717) is 44.0 Å². The molecular weight excluding hydrogens is 392 g/mol. The Hall–Kier alpha value is -3.89. The lowest BCUT2D eigenvalue weighted by Gasteiger charge is -2.49. The van der Waals surface area contributed by atoms with Crippen molar-refractivity contribution in [2.45, 2.75) is 24.3 Å². The largest absolute Gasteiger partial charge is 0.312 e. The molecule has 0 aliphatic carbocycles. The number of fused-ring (bicyclic) bond motifs is 1. The monoisotopic (exact) mass is 414 g/mol. The third-order valence-electron chi connectivity index (χ3n) is 5.55. The van der Waals surface area contributed by atoms with Gasteiger partial charge in [-0.05, 0) is 0 Å². The van der Waals surface area contributed by atoms with Gasteiger partial charge in [-0.2, -0.15) is 15.6 Å². The van der Waals surface area contributed by atoms with Crippen molar-refractivity contribution in [2.24, 2.45) is 4.99 Å². The Kier molecular flexibility index (Phi) is 5.56. The van der Waals surface area contributed by atoms with Gasteiger partial charge in [0, 0.05) is 70.2 Å². The fraction of sp³-hybridized carbons (Fsp3) is 0.381. The van der Waals surface area contributed by atoms with E-state index in [1.165, 1.54) is 6.21 Å². The molecule has 1 aliphatic rings. The predicted molar refractivity (Wildman–Crippen MR) is 115 cm³/mol. The maximum Gasteiger partial charge on any atom is 0.149 e. The molecular formula is C21H22N10. The number of nitrogens with one attached hydrogen (secondary N) is 1. The Morgan fingerprint density at radius 3 is 2.90 bits per heavy atom. The van der Waals surface area contributed by atoms with E-state index in [2.05, 4.69) is 32.1 Å². The van der Waals surface area contributed by atoms with E-state index < -0.39 is 5.54 Å². The van der Waals surface area contributed by atoms with Crippen LogP contribution in [0.5, 0.6) is 0 Å². The molecule has 0 amide bonds. The number of aliphatic imine (C=N–C) groups is 1. The molecule has 1 fully saturated rings. The summed E-state index contributed by atoms with van der Waals surface area (Å²) in [6.07, 6.45) is 11.0. The standard InChI is InChI=1S/C21H22N10/c1-25-11-16(10-24)18-9-19-26-6-8-30(19)20(28-18)17-12-27-31(13-17)21(3-5-23)14-29(15-21)7-2-4-22/h6,8-13,16,24H,2-3,7,14-15H2,1H3. The molecule has 4 rings (SSSR count). The average Bonchev–Trinajstić information content (AvgIpc) is 3.42. The van der Waals surface area contributed by atoms with Crippen LogP contribution >= 0.6 is 0 Å². The minimum absolute atomic E-state index is 0.341. The number of hydrogen-bond acceptors (Lipinski definition) is 8. The SMILES string of the molecule is CN=CC(C=N)c1cc2nccn2c(-c2cnn(C3(CC#N)CN(CCC#N)C3)c2)n1. The normalized spacial score (nSPS) is 16.6. The number of nitrogens with zero attached hydrogens (tertiary/aromatic N) is 9. The smallest absolute Gasteiger partial charge is 0.149 e. The van der Waals surface area contributed by atoms with Crippen LogP contribution in [0.2, 0.25) is 0 Å². The molecule has 0 bridgehead atoms. The van der Waals surface area contributed by atoms with E-state index in [1.807, 2.05) is 27.5 Å². The first kappa shape index (κ1) is 20.4. The maximum atomic E-state index is 9.38. The predicted octanol–water partition coefficient (Wildman–Crippen LogP) is 1.86. The van der Waals surface area contributed by atoms with Crippen molar-refractivity contribution >= 4 is 18.1 Å². The topological polar surface area (TPSA) is 135 Å². The zero-order valence-corrected chi connectivity index (χ0v) is 17.2. The fourth-order valence-electron chi connectivity index (χ4n) is 4.02. The zero-order valence-electron chi connectivity index (χ0n) is 17.2. The van der Waals surface area contributed by atoms with Crippen molar-refractivity contribution in [1.82, 2.24) is 29.0 Å².